The Hall–Kier alpha value is -0.820. The first-order chi connectivity index (χ1) is 5.00. The summed E-state index contributed by atoms with van der Waals surface area (Å²) in [4.78, 5) is 0. The van der Waals surface area contributed by atoms with Crippen LogP contribution in [-0.2, 0) is 0 Å². The Bertz CT molecular complexity index is 129. The number of nitrogens with zero attached hydrogens (tertiary/aromatic N) is 1. The summed E-state index contributed by atoms with van der Waals surface area (Å²) >= 11 is 0. The Morgan fingerprint density at radius 3 is 0.909 bits per heavy atom. The quantitative estimate of drug-likeness (QED) is 0.541. The maximum absolute atomic E-state index is 8.52. The van der Waals surface area contributed by atoms with Gasteiger partial charge < -0.3 is 0 Å². The van der Waals surface area contributed by atoms with E-state index in [9.17, 15) is 0 Å². The van der Waals surface area contributed by atoms with E-state index >= 15 is 0 Å². The smallest absolute Gasteiger partial charge is 0.0459 e. The summed E-state index contributed by atoms with van der Waals surface area (Å²) < 4.78 is 0. The molecule has 0 bridgehead atoms. The largest absolute Gasteiger partial charge is 0.138 e. The fraction of sp³-hybridized carbons (Fsp3) is 0.400. The fourth-order valence-electron chi connectivity index (χ4n) is 0.385. The van der Waals surface area contributed by atoms with E-state index < -0.39 is 5.54 Å². The maximum Gasteiger partial charge on any atom is 0.0459 e. The molecule has 1 rings (SSSR count). The monoisotopic (exact) mass is 149 g/mol. The Labute approximate surface area is 69.2 Å². The van der Waals surface area contributed by atoms with Gasteiger partial charge in [0.15, 0.2) is 0 Å². The van der Waals surface area contributed by atoms with Gasteiger partial charge in [0.2, 0.25) is 0 Å². The first kappa shape index (κ1) is 10.2. The number of rotatable bonds is 0. The predicted molar refractivity (Wildman–Crippen MR) is 48.3 cm³/mol. The molecule has 0 aliphatic heterocycles. The lowest BCUT2D eigenvalue weighted by molar-refractivity contribution is 0.558. The minimum Gasteiger partial charge on any atom is -0.138 e. The van der Waals surface area contributed by atoms with E-state index in [1.54, 1.807) is 20.8 Å². The highest BCUT2D eigenvalue weighted by atomic mass is 14.7. The SMILES string of the molecule is CC(C)(C)[N].c1ccccc1. The molecule has 0 fully saturated rings. The molecule has 0 heterocycles. The predicted octanol–water partition coefficient (Wildman–Crippen LogP) is 2.54. The molecule has 0 spiro atoms. The van der Waals surface area contributed by atoms with Gasteiger partial charge in [-0.15, -0.1) is 5.73 Å². The van der Waals surface area contributed by atoms with Crippen LogP contribution < -0.4 is 5.73 Å². The van der Waals surface area contributed by atoms with Crippen LogP contribution in [-0.4, -0.2) is 5.54 Å². The van der Waals surface area contributed by atoms with Crippen molar-refractivity contribution in [2.75, 3.05) is 0 Å². The van der Waals surface area contributed by atoms with Gasteiger partial charge in [-0.1, -0.05) is 36.4 Å². The van der Waals surface area contributed by atoms with Gasteiger partial charge >= 0.3 is 0 Å². The van der Waals surface area contributed by atoms with Crippen LogP contribution in [0, 0.1) is 0 Å². The molecule has 2 radical (unpaired) electrons. The third-order valence-corrected chi connectivity index (χ3v) is 0.667. The van der Waals surface area contributed by atoms with Crippen molar-refractivity contribution in [3.8, 4) is 0 Å². The molecule has 0 aliphatic rings. The van der Waals surface area contributed by atoms with Gasteiger partial charge in [-0.2, -0.15) is 0 Å². The molecule has 1 aromatic carbocycles. The van der Waals surface area contributed by atoms with E-state index in [0.717, 1.165) is 0 Å². The van der Waals surface area contributed by atoms with Gasteiger partial charge in [0, 0.05) is 5.54 Å². The van der Waals surface area contributed by atoms with Crippen LogP contribution in [0.15, 0.2) is 36.4 Å². The highest BCUT2D eigenvalue weighted by Gasteiger charge is 1.99. The lowest BCUT2D eigenvalue weighted by Gasteiger charge is -2.01. The molecule has 0 aromatic heterocycles. The number of hydrogen-bond donors (Lipinski definition) is 0. The maximum atomic E-state index is 8.52. The fourth-order valence-corrected chi connectivity index (χ4v) is 0.385. The molecule has 1 nitrogen and oxygen atoms in total. The van der Waals surface area contributed by atoms with Crippen LogP contribution in [0.2, 0.25) is 0 Å². The highest BCUT2D eigenvalue weighted by Crippen LogP contribution is 1.91. The zero-order valence-corrected chi connectivity index (χ0v) is 7.41. The standard InChI is InChI=1S/C6H6.C4H9N/c1-2-4-6-5-3-1;1-4(2,3)5/h1-6H;1-3H3. The number of benzene rings is 1. The van der Waals surface area contributed by atoms with Crippen LogP contribution >= 0.6 is 0 Å². The second kappa shape index (κ2) is 4.91. The topological polar surface area (TPSA) is 22.3 Å². The molecular formula is C10H15N. The molecule has 0 aliphatic carbocycles. The van der Waals surface area contributed by atoms with Gasteiger partial charge in [-0.3, -0.25) is 0 Å². The molecule has 11 heavy (non-hydrogen) atoms. The van der Waals surface area contributed by atoms with Crippen LogP contribution in [0.4, 0.5) is 0 Å². The molecule has 0 unspecified atom stereocenters. The first-order valence-corrected chi connectivity index (χ1v) is 3.72. The van der Waals surface area contributed by atoms with Gasteiger partial charge in [0.05, 0.1) is 0 Å². The molecular weight excluding hydrogens is 134 g/mol. The van der Waals surface area contributed by atoms with Gasteiger partial charge in [0.25, 0.3) is 0 Å². The van der Waals surface area contributed by atoms with Crippen molar-refractivity contribution < 1.29 is 0 Å². The normalized spacial score (nSPS) is 9.82. The van der Waals surface area contributed by atoms with Crippen molar-refractivity contribution in [2.45, 2.75) is 26.3 Å². The zero-order valence-electron chi connectivity index (χ0n) is 7.41. The lowest BCUT2D eigenvalue weighted by Crippen LogP contribution is -2.13. The Morgan fingerprint density at radius 2 is 0.818 bits per heavy atom. The van der Waals surface area contributed by atoms with Crippen LogP contribution in [0.3, 0.4) is 0 Å². The summed E-state index contributed by atoms with van der Waals surface area (Å²) in [6.45, 7) is 5.23. The van der Waals surface area contributed by atoms with Crippen molar-refractivity contribution in [1.29, 1.82) is 0 Å². The first-order valence-electron chi connectivity index (χ1n) is 3.72. The molecule has 0 amide bonds. The molecule has 0 atom stereocenters. The molecule has 0 N–H and O–H groups in total. The van der Waals surface area contributed by atoms with E-state index in [2.05, 4.69) is 0 Å². The average Bonchev–Trinajstić information content (AvgIpc) is 1.88. The number of hydrogen-bond acceptors (Lipinski definition) is 0. The highest BCUT2D eigenvalue weighted by molar-refractivity contribution is 4.99. The summed E-state index contributed by atoms with van der Waals surface area (Å²) in [6.07, 6.45) is 0. The van der Waals surface area contributed by atoms with Gasteiger partial charge in [-0.05, 0) is 20.8 Å². The molecule has 0 saturated heterocycles. The van der Waals surface area contributed by atoms with Gasteiger partial charge in [-0.25, -0.2) is 0 Å². The van der Waals surface area contributed by atoms with Gasteiger partial charge in [0.1, 0.15) is 0 Å². The summed E-state index contributed by atoms with van der Waals surface area (Å²) in [5, 5.41) is 0. The third-order valence-electron chi connectivity index (χ3n) is 0.667. The minimum absolute atomic E-state index is 0.500. The molecule has 60 valence electrons. The van der Waals surface area contributed by atoms with E-state index in [1.165, 1.54) is 0 Å². The minimum atomic E-state index is -0.500. The second-order valence-electron chi connectivity index (χ2n) is 3.33. The molecule has 0 saturated carbocycles. The van der Waals surface area contributed by atoms with Crippen molar-refractivity contribution in [3.05, 3.63) is 36.4 Å². The Morgan fingerprint density at radius 1 is 0.727 bits per heavy atom. The van der Waals surface area contributed by atoms with E-state index in [-0.39, 0.29) is 0 Å². The molecule has 1 aromatic rings. The zero-order chi connectivity index (χ0) is 8.74. The second-order valence-corrected chi connectivity index (χ2v) is 3.33. The molecule has 1 heteroatoms. The third kappa shape index (κ3) is 17.6. The summed E-state index contributed by atoms with van der Waals surface area (Å²) in [5.74, 6) is 0. The van der Waals surface area contributed by atoms with Crippen molar-refractivity contribution in [3.63, 3.8) is 0 Å². The van der Waals surface area contributed by atoms with Crippen molar-refractivity contribution in [1.82, 2.24) is 5.73 Å². The Kier molecular flexibility index (Phi) is 4.55. The Balaban J connectivity index is 0.000000187. The van der Waals surface area contributed by atoms with Crippen molar-refractivity contribution in [2.24, 2.45) is 0 Å². The summed E-state index contributed by atoms with van der Waals surface area (Å²) in [7, 11) is 0. The summed E-state index contributed by atoms with van der Waals surface area (Å²) in [6, 6.07) is 12.0. The lowest BCUT2D eigenvalue weighted by atomic mass is 10.1. The van der Waals surface area contributed by atoms with E-state index in [4.69, 9.17) is 5.73 Å². The van der Waals surface area contributed by atoms with Crippen molar-refractivity contribution >= 4 is 0 Å². The average molecular weight is 149 g/mol. The van der Waals surface area contributed by atoms with Crippen LogP contribution in [0.1, 0.15) is 20.8 Å². The van der Waals surface area contributed by atoms with E-state index in [0.29, 0.717) is 0 Å². The summed E-state index contributed by atoms with van der Waals surface area (Å²) in [5.41, 5.74) is 8.02. The van der Waals surface area contributed by atoms with Crippen LogP contribution in [0.25, 0.3) is 0 Å². The van der Waals surface area contributed by atoms with E-state index in [1.807, 2.05) is 36.4 Å². The van der Waals surface area contributed by atoms with Crippen LogP contribution in [0.5, 0.6) is 0 Å².